The molecule has 2 heterocycles. The molecule has 0 aliphatic carbocycles. The zero-order valence-electron chi connectivity index (χ0n) is 12.9. The number of carbonyl (C=O) groups is 3. The highest BCUT2D eigenvalue weighted by molar-refractivity contribution is 6.33. The van der Waals surface area contributed by atoms with Crippen LogP contribution in [-0.2, 0) is 4.74 Å². The summed E-state index contributed by atoms with van der Waals surface area (Å²) in [7, 11) is 1.55. The summed E-state index contributed by atoms with van der Waals surface area (Å²) in [5.74, 6) is -1.24. The van der Waals surface area contributed by atoms with E-state index in [4.69, 9.17) is 4.74 Å². The Morgan fingerprint density at radius 1 is 1.21 bits per heavy atom. The van der Waals surface area contributed by atoms with Crippen molar-refractivity contribution in [3.8, 4) is 0 Å². The molecule has 0 saturated heterocycles. The highest BCUT2D eigenvalue weighted by atomic mass is 16.5. The number of carbonyl (C=O) groups excluding carboxylic acids is 3. The molecular weight excluding hydrogens is 312 g/mol. The molecule has 0 atom stereocenters. The van der Waals surface area contributed by atoms with E-state index in [0.717, 1.165) is 4.90 Å². The second-order valence-corrected chi connectivity index (χ2v) is 5.03. The molecule has 0 radical (unpaired) electrons. The first kappa shape index (κ1) is 15.8. The van der Waals surface area contributed by atoms with Crippen molar-refractivity contribution in [2.24, 2.45) is 0 Å². The Kier molecular flexibility index (Phi) is 4.30. The van der Waals surface area contributed by atoms with Gasteiger partial charge in [0.1, 0.15) is 12.0 Å². The number of hydrogen-bond donors (Lipinski definition) is 1. The Morgan fingerprint density at radius 3 is 2.62 bits per heavy atom. The molecule has 1 aromatic heterocycles. The smallest absolute Gasteiger partial charge is 0.284 e. The second kappa shape index (κ2) is 6.55. The SMILES string of the molecule is COCCNC(=O)c1ccc(N2C(=O)c3cncnc3C2=O)cc1. The summed E-state index contributed by atoms with van der Waals surface area (Å²) in [6.07, 6.45) is 2.54. The van der Waals surface area contributed by atoms with Gasteiger partial charge in [0.15, 0.2) is 0 Å². The first-order valence-corrected chi connectivity index (χ1v) is 7.19. The number of anilines is 1. The average Bonchev–Trinajstić information content (AvgIpc) is 2.87. The third kappa shape index (κ3) is 2.74. The molecular formula is C16H14N4O4. The lowest BCUT2D eigenvalue weighted by Crippen LogP contribution is -2.30. The van der Waals surface area contributed by atoms with Gasteiger partial charge in [-0.15, -0.1) is 0 Å². The third-order valence-corrected chi connectivity index (χ3v) is 3.53. The summed E-state index contributed by atoms with van der Waals surface area (Å²) in [5, 5.41) is 2.69. The molecule has 0 spiro atoms. The van der Waals surface area contributed by atoms with Gasteiger partial charge in [-0.25, -0.2) is 14.9 Å². The van der Waals surface area contributed by atoms with Crippen molar-refractivity contribution in [1.82, 2.24) is 15.3 Å². The first-order valence-electron chi connectivity index (χ1n) is 7.19. The Morgan fingerprint density at radius 2 is 1.96 bits per heavy atom. The van der Waals surface area contributed by atoms with Crippen LogP contribution in [0, 0.1) is 0 Å². The summed E-state index contributed by atoms with van der Waals surface area (Å²) in [6, 6.07) is 6.18. The molecule has 0 bridgehead atoms. The quantitative estimate of drug-likeness (QED) is 0.639. The Balaban J connectivity index is 1.79. The van der Waals surface area contributed by atoms with Crippen molar-refractivity contribution < 1.29 is 19.1 Å². The van der Waals surface area contributed by atoms with E-state index in [1.165, 1.54) is 12.5 Å². The molecule has 0 saturated carbocycles. The number of imide groups is 1. The van der Waals surface area contributed by atoms with Crippen molar-refractivity contribution in [1.29, 1.82) is 0 Å². The number of benzene rings is 1. The van der Waals surface area contributed by atoms with Crippen molar-refractivity contribution in [2.75, 3.05) is 25.2 Å². The molecule has 8 nitrogen and oxygen atoms in total. The molecule has 0 fully saturated rings. The topological polar surface area (TPSA) is 101 Å². The van der Waals surface area contributed by atoms with Crippen LogP contribution >= 0.6 is 0 Å². The standard InChI is InChI=1S/C16H14N4O4/c1-24-7-6-18-14(21)10-2-4-11(5-3-10)20-15(22)12-8-17-9-19-13(12)16(20)23/h2-5,8-9H,6-7H2,1H3,(H,18,21). The van der Waals surface area contributed by atoms with Gasteiger partial charge in [0.05, 0.1) is 17.9 Å². The fraction of sp³-hybridized carbons (Fsp3) is 0.188. The van der Waals surface area contributed by atoms with Crippen LogP contribution < -0.4 is 10.2 Å². The largest absolute Gasteiger partial charge is 0.383 e. The Hall–Kier alpha value is -3.13. The van der Waals surface area contributed by atoms with Crippen molar-refractivity contribution >= 4 is 23.4 Å². The number of nitrogens with zero attached hydrogens (tertiary/aromatic N) is 3. The van der Waals surface area contributed by atoms with Crippen LogP contribution in [0.4, 0.5) is 5.69 Å². The number of aromatic nitrogens is 2. The number of ether oxygens (including phenoxy) is 1. The van der Waals surface area contributed by atoms with Gasteiger partial charge in [-0.1, -0.05) is 0 Å². The fourth-order valence-electron chi connectivity index (χ4n) is 2.34. The predicted molar refractivity (Wildman–Crippen MR) is 83.8 cm³/mol. The molecule has 1 aliphatic rings. The lowest BCUT2D eigenvalue weighted by atomic mass is 10.2. The zero-order valence-corrected chi connectivity index (χ0v) is 12.9. The maximum absolute atomic E-state index is 12.3. The van der Waals surface area contributed by atoms with E-state index in [1.54, 1.807) is 31.4 Å². The minimum Gasteiger partial charge on any atom is -0.383 e. The maximum atomic E-state index is 12.3. The third-order valence-electron chi connectivity index (χ3n) is 3.53. The number of fused-ring (bicyclic) bond motifs is 1. The summed E-state index contributed by atoms with van der Waals surface area (Å²) in [6.45, 7) is 0.814. The minimum absolute atomic E-state index is 0.0800. The van der Waals surface area contributed by atoms with E-state index in [2.05, 4.69) is 15.3 Å². The molecule has 0 unspecified atom stereocenters. The molecule has 3 amide bonds. The van der Waals surface area contributed by atoms with E-state index in [-0.39, 0.29) is 17.2 Å². The van der Waals surface area contributed by atoms with E-state index >= 15 is 0 Å². The van der Waals surface area contributed by atoms with Gasteiger partial charge in [-0.05, 0) is 24.3 Å². The molecule has 3 rings (SSSR count). The molecule has 24 heavy (non-hydrogen) atoms. The summed E-state index contributed by atoms with van der Waals surface area (Å²) in [4.78, 5) is 45.2. The average molecular weight is 326 g/mol. The minimum atomic E-state index is -0.505. The second-order valence-electron chi connectivity index (χ2n) is 5.03. The highest BCUT2D eigenvalue weighted by Crippen LogP contribution is 2.26. The molecule has 8 heteroatoms. The van der Waals surface area contributed by atoms with Gasteiger partial charge in [-0.2, -0.15) is 0 Å². The van der Waals surface area contributed by atoms with E-state index in [0.29, 0.717) is 24.4 Å². The zero-order chi connectivity index (χ0) is 17.1. The lowest BCUT2D eigenvalue weighted by Gasteiger charge is -2.14. The van der Waals surface area contributed by atoms with Crippen LogP contribution in [0.25, 0.3) is 0 Å². The van der Waals surface area contributed by atoms with Gasteiger partial charge in [-0.3, -0.25) is 14.4 Å². The molecule has 1 aromatic carbocycles. The monoisotopic (exact) mass is 326 g/mol. The number of hydrogen-bond acceptors (Lipinski definition) is 6. The first-order chi connectivity index (χ1) is 11.6. The van der Waals surface area contributed by atoms with E-state index < -0.39 is 11.8 Å². The maximum Gasteiger partial charge on any atom is 0.284 e. The van der Waals surface area contributed by atoms with E-state index in [9.17, 15) is 14.4 Å². The molecule has 2 aromatic rings. The van der Waals surface area contributed by atoms with Gasteiger partial charge in [0.25, 0.3) is 17.7 Å². The van der Waals surface area contributed by atoms with Crippen molar-refractivity contribution in [2.45, 2.75) is 0 Å². The van der Waals surface area contributed by atoms with Crippen LogP contribution in [0.3, 0.4) is 0 Å². The number of nitrogens with one attached hydrogen (secondary N) is 1. The van der Waals surface area contributed by atoms with Gasteiger partial charge in [0, 0.05) is 25.4 Å². The van der Waals surface area contributed by atoms with Crippen LogP contribution in [0.5, 0.6) is 0 Å². The Bertz CT molecular complexity index is 769. The normalized spacial score (nSPS) is 13.1. The summed E-state index contributed by atoms with van der Waals surface area (Å²) < 4.78 is 4.86. The molecule has 122 valence electrons. The number of methoxy groups -OCH3 is 1. The van der Waals surface area contributed by atoms with Crippen molar-refractivity contribution in [3.63, 3.8) is 0 Å². The number of amides is 3. The van der Waals surface area contributed by atoms with Gasteiger partial charge in [0.2, 0.25) is 0 Å². The fourth-order valence-corrected chi connectivity index (χ4v) is 2.34. The van der Waals surface area contributed by atoms with Gasteiger partial charge < -0.3 is 10.1 Å². The van der Waals surface area contributed by atoms with Crippen molar-refractivity contribution in [3.05, 3.63) is 53.6 Å². The van der Waals surface area contributed by atoms with Crippen LogP contribution in [0.1, 0.15) is 31.2 Å². The summed E-state index contributed by atoms with van der Waals surface area (Å²) >= 11 is 0. The van der Waals surface area contributed by atoms with Crippen LogP contribution in [0.2, 0.25) is 0 Å². The summed E-state index contributed by atoms with van der Waals surface area (Å²) in [5.41, 5.74) is 1.04. The van der Waals surface area contributed by atoms with Crippen LogP contribution in [0.15, 0.2) is 36.8 Å². The highest BCUT2D eigenvalue weighted by Gasteiger charge is 2.38. The van der Waals surface area contributed by atoms with Crippen LogP contribution in [-0.4, -0.2) is 48.0 Å². The predicted octanol–water partition coefficient (Wildman–Crippen LogP) is 0.653. The molecule has 1 aliphatic heterocycles. The molecule has 1 N–H and O–H groups in total. The Labute approximate surface area is 137 Å². The number of rotatable bonds is 5. The lowest BCUT2D eigenvalue weighted by molar-refractivity contribution is 0.0920. The van der Waals surface area contributed by atoms with Gasteiger partial charge >= 0.3 is 0 Å². The van der Waals surface area contributed by atoms with E-state index in [1.807, 2.05) is 0 Å².